The summed E-state index contributed by atoms with van der Waals surface area (Å²) in [6.45, 7) is 3.80. The molecule has 0 spiro atoms. The van der Waals surface area contributed by atoms with E-state index in [2.05, 4.69) is 5.16 Å². The maximum Gasteiger partial charge on any atom is 0.338 e. The summed E-state index contributed by atoms with van der Waals surface area (Å²) in [5.74, 6) is 0.466. The van der Waals surface area contributed by atoms with Crippen molar-refractivity contribution >= 4 is 11.8 Å². The van der Waals surface area contributed by atoms with Crippen molar-refractivity contribution in [1.82, 2.24) is 5.16 Å². The molecule has 94 valence electrons. The van der Waals surface area contributed by atoms with Crippen molar-refractivity contribution in [1.29, 1.82) is 0 Å². The van der Waals surface area contributed by atoms with E-state index in [0.717, 1.165) is 16.7 Å². The molecule has 2 rings (SSSR count). The summed E-state index contributed by atoms with van der Waals surface area (Å²) in [5.41, 5.74) is 8.64. The lowest BCUT2D eigenvalue weighted by atomic mass is 9.98. The number of aryl methyl sites for hydroxylation is 1. The average Bonchev–Trinajstić information content (AvgIpc) is 2.78. The zero-order valence-electron chi connectivity index (χ0n) is 10.5. The Morgan fingerprint density at radius 2 is 2.06 bits per heavy atom. The quantitative estimate of drug-likeness (QED) is 0.823. The van der Waals surface area contributed by atoms with E-state index in [0.29, 0.717) is 17.1 Å². The van der Waals surface area contributed by atoms with Gasteiger partial charge in [-0.1, -0.05) is 5.16 Å². The van der Waals surface area contributed by atoms with E-state index in [1.54, 1.807) is 12.1 Å². The van der Waals surface area contributed by atoms with Crippen LogP contribution in [0.25, 0.3) is 11.3 Å². The molecule has 1 heterocycles. The van der Waals surface area contributed by atoms with Crippen molar-refractivity contribution in [2.24, 2.45) is 0 Å². The summed E-state index contributed by atoms with van der Waals surface area (Å²) in [4.78, 5) is 11.7. The third kappa shape index (κ3) is 2.07. The molecule has 2 N–H and O–H groups in total. The van der Waals surface area contributed by atoms with Crippen LogP contribution in [0.1, 0.15) is 21.5 Å². The summed E-state index contributed by atoms with van der Waals surface area (Å²) in [7, 11) is 1.36. The number of hydrogen-bond acceptors (Lipinski definition) is 5. The summed E-state index contributed by atoms with van der Waals surface area (Å²) < 4.78 is 9.84. The van der Waals surface area contributed by atoms with Gasteiger partial charge < -0.3 is 15.0 Å². The number of ether oxygens (including phenoxy) is 1. The predicted molar refractivity (Wildman–Crippen MR) is 67.2 cm³/mol. The maximum atomic E-state index is 11.7. The van der Waals surface area contributed by atoms with Gasteiger partial charge in [0, 0.05) is 11.6 Å². The minimum absolute atomic E-state index is 0.308. The van der Waals surface area contributed by atoms with Gasteiger partial charge in [-0.05, 0) is 37.1 Å². The number of carbonyl (C=O) groups excluding carboxylic acids is 1. The van der Waals surface area contributed by atoms with E-state index in [1.807, 2.05) is 19.9 Å². The number of anilines is 1. The molecule has 0 unspecified atom stereocenters. The lowest BCUT2D eigenvalue weighted by Crippen LogP contribution is -2.05. The van der Waals surface area contributed by atoms with E-state index >= 15 is 0 Å². The lowest BCUT2D eigenvalue weighted by Gasteiger charge is -2.09. The second-order valence-electron chi connectivity index (χ2n) is 4.07. The Kier molecular flexibility index (Phi) is 3.06. The number of methoxy groups -OCH3 is 1. The van der Waals surface area contributed by atoms with E-state index < -0.39 is 0 Å². The third-order valence-electron chi connectivity index (χ3n) is 2.89. The number of aromatic nitrogens is 1. The van der Waals surface area contributed by atoms with Crippen LogP contribution >= 0.6 is 0 Å². The summed E-state index contributed by atoms with van der Waals surface area (Å²) in [6.07, 6.45) is 0. The van der Waals surface area contributed by atoms with Crippen molar-refractivity contribution in [3.05, 3.63) is 34.9 Å². The number of hydrogen-bond donors (Lipinski definition) is 1. The van der Waals surface area contributed by atoms with Gasteiger partial charge >= 0.3 is 5.97 Å². The first-order valence-electron chi connectivity index (χ1n) is 5.45. The summed E-state index contributed by atoms with van der Waals surface area (Å²) in [5, 5.41) is 3.63. The van der Waals surface area contributed by atoms with Crippen LogP contribution < -0.4 is 5.73 Å². The second kappa shape index (κ2) is 4.52. The number of nitrogens with zero attached hydrogens (tertiary/aromatic N) is 1. The van der Waals surface area contributed by atoms with E-state index in [4.69, 9.17) is 15.0 Å². The van der Waals surface area contributed by atoms with Gasteiger partial charge in [0.2, 0.25) is 0 Å². The Labute approximate surface area is 105 Å². The van der Waals surface area contributed by atoms with Crippen molar-refractivity contribution in [2.45, 2.75) is 13.8 Å². The number of nitrogen functional groups attached to an aromatic ring is 1. The maximum absolute atomic E-state index is 11.7. The van der Waals surface area contributed by atoms with E-state index in [-0.39, 0.29) is 5.97 Å². The largest absolute Gasteiger partial charge is 0.465 e. The highest BCUT2D eigenvalue weighted by Crippen LogP contribution is 2.26. The fourth-order valence-corrected chi connectivity index (χ4v) is 1.75. The Balaban J connectivity index is 2.57. The number of nitrogens with two attached hydrogens (primary N) is 1. The molecule has 0 aliphatic carbocycles. The van der Waals surface area contributed by atoms with Gasteiger partial charge in [-0.15, -0.1) is 0 Å². The van der Waals surface area contributed by atoms with Crippen molar-refractivity contribution in [2.75, 3.05) is 12.8 Å². The van der Waals surface area contributed by atoms with Gasteiger partial charge in [0.05, 0.1) is 12.7 Å². The molecule has 0 bridgehead atoms. The van der Waals surface area contributed by atoms with E-state index in [1.165, 1.54) is 7.11 Å². The highest BCUT2D eigenvalue weighted by molar-refractivity contribution is 5.93. The van der Waals surface area contributed by atoms with Crippen LogP contribution in [0, 0.1) is 13.8 Å². The minimum Gasteiger partial charge on any atom is -0.465 e. The van der Waals surface area contributed by atoms with Gasteiger partial charge in [0.15, 0.2) is 11.6 Å². The topological polar surface area (TPSA) is 78.4 Å². The average molecular weight is 246 g/mol. The Bertz CT molecular complexity index is 602. The SMILES string of the molecule is COC(=O)c1cc(-c2cc(N)no2)cc(C)c1C. The molecule has 1 aromatic heterocycles. The van der Waals surface area contributed by atoms with Crippen LogP contribution in [0.3, 0.4) is 0 Å². The first kappa shape index (κ1) is 12.2. The molecule has 0 aliphatic heterocycles. The molecule has 2 aromatic rings. The standard InChI is InChI=1S/C13H14N2O3/c1-7-4-9(11-6-12(14)15-18-11)5-10(8(7)2)13(16)17-3/h4-6H,1-3H3,(H2,14,15). The highest BCUT2D eigenvalue weighted by atomic mass is 16.5. The lowest BCUT2D eigenvalue weighted by molar-refractivity contribution is 0.0600. The highest BCUT2D eigenvalue weighted by Gasteiger charge is 2.15. The van der Waals surface area contributed by atoms with Crippen molar-refractivity contribution < 1.29 is 14.1 Å². The van der Waals surface area contributed by atoms with Gasteiger partial charge in [-0.3, -0.25) is 0 Å². The van der Waals surface area contributed by atoms with Gasteiger partial charge in [-0.25, -0.2) is 4.79 Å². The van der Waals surface area contributed by atoms with Crippen LogP contribution in [0.15, 0.2) is 22.7 Å². The molecule has 0 aliphatic rings. The predicted octanol–water partition coefficient (Wildman–Crippen LogP) is 2.33. The molecule has 5 heteroatoms. The van der Waals surface area contributed by atoms with E-state index in [9.17, 15) is 4.79 Å². The molecular formula is C13H14N2O3. The minimum atomic E-state index is -0.370. The zero-order chi connectivity index (χ0) is 13.3. The molecular weight excluding hydrogens is 232 g/mol. The van der Waals surface area contributed by atoms with Crippen LogP contribution in [-0.4, -0.2) is 18.2 Å². The third-order valence-corrected chi connectivity index (χ3v) is 2.89. The summed E-state index contributed by atoms with van der Waals surface area (Å²) in [6, 6.07) is 5.25. The molecule has 5 nitrogen and oxygen atoms in total. The number of rotatable bonds is 2. The number of benzene rings is 1. The van der Waals surface area contributed by atoms with Crippen LogP contribution in [0.5, 0.6) is 0 Å². The van der Waals surface area contributed by atoms with Crippen molar-refractivity contribution in [3.8, 4) is 11.3 Å². The molecule has 0 atom stereocenters. The fraction of sp³-hybridized carbons (Fsp3) is 0.231. The molecule has 0 amide bonds. The second-order valence-corrected chi connectivity index (χ2v) is 4.07. The first-order chi connectivity index (χ1) is 8.52. The zero-order valence-corrected chi connectivity index (χ0v) is 10.5. The first-order valence-corrected chi connectivity index (χ1v) is 5.45. The number of esters is 1. The molecule has 18 heavy (non-hydrogen) atoms. The monoisotopic (exact) mass is 246 g/mol. The van der Waals surface area contributed by atoms with Crippen molar-refractivity contribution in [3.63, 3.8) is 0 Å². The Morgan fingerprint density at radius 3 is 2.61 bits per heavy atom. The molecule has 0 fully saturated rings. The van der Waals surface area contributed by atoms with Gasteiger partial charge in [0.25, 0.3) is 0 Å². The molecule has 0 saturated heterocycles. The molecule has 1 aromatic carbocycles. The fourth-order valence-electron chi connectivity index (χ4n) is 1.75. The number of carbonyl (C=O) groups is 1. The van der Waals surface area contributed by atoms with Crippen LogP contribution in [0.4, 0.5) is 5.82 Å². The van der Waals surface area contributed by atoms with Gasteiger partial charge in [-0.2, -0.15) is 0 Å². The Hall–Kier alpha value is -2.30. The Morgan fingerprint density at radius 1 is 1.33 bits per heavy atom. The summed E-state index contributed by atoms with van der Waals surface area (Å²) >= 11 is 0. The molecule has 0 radical (unpaired) electrons. The smallest absolute Gasteiger partial charge is 0.338 e. The van der Waals surface area contributed by atoms with Gasteiger partial charge in [0.1, 0.15) is 0 Å². The molecule has 0 saturated carbocycles. The normalized spacial score (nSPS) is 10.4. The van der Waals surface area contributed by atoms with Crippen LogP contribution in [0.2, 0.25) is 0 Å². The van der Waals surface area contributed by atoms with Crippen LogP contribution in [-0.2, 0) is 4.74 Å².